The van der Waals surface area contributed by atoms with Gasteiger partial charge in [0.05, 0.1) is 11.4 Å². The molecule has 40 heavy (non-hydrogen) atoms. The van der Waals surface area contributed by atoms with Crippen molar-refractivity contribution in [2.75, 3.05) is 18.0 Å². The highest BCUT2D eigenvalue weighted by Gasteiger charge is 2.32. The summed E-state index contributed by atoms with van der Waals surface area (Å²) >= 11 is 0. The molecule has 2 aliphatic rings. The van der Waals surface area contributed by atoms with Crippen LogP contribution in [0.2, 0.25) is 0 Å². The van der Waals surface area contributed by atoms with E-state index in [1.807, 2.05) is 6.92 Å². The highest BCUT2D eigenvalue weighted by atomic mass is 19.1. The standard InChI is InChI=1S/C31H31F2N5O2/c1-19-26-12-13-28(39)38(29(26)36-31(35-19)37-15-14-20-4-2-3-5-23(20)18-37)25-10-7-21(8-11-25)30(40)34-17-22-6-9-24(32)16-27(22)33/h6-13,16,20,23H,2-5,14-15,17-18H2,1H3,(H,34,40). The van der Waals surface area contributed by atoms with Gasteiger partial charge in [0.25, 0.3) is 11.5 Å². The Morgan fingerprint density at radius 3 is 2.52 bits per heavy atom. The van der Waals surface area contributed by atoms with Gasteiger partial charge in [0.2, 0.25) is 5.95 Å². The van der Waals surface area contributed by atoms with Gasteiger partial charge in [0.15, 0.2) is 5.65 Å². The Bertz CT molecular complexity index is 1640. The minimum absolute atomic E-state index is 0.0768. The molecule has 206 valence electrons. The number of nitrogens with one attached hydrogen (secondary N) is 1. The molecule has 2 aromatic carbocycles. The number of aromatic nitrogens is 3. The van der Waals surface area contributed by atoms with E-state index < -0.39 is 17.5 Å². The number of amides is 1. The summed E-state index contributed by atoms with van der Waals surface area (Å²) < 4.78 is 28.6. The summed E-state index contributed by atoms with van der Waals surface area (Å²) in [6.45, 7) is 3.72. The predicted molar refractivity (Wildman–Crippen MR) is 150 cm³/mol. The van der Waals surface area contributed by atoms with Crippen LogP contribution in [0.1, 0.15) is 53.7 Å². The molecule has 1 saturated carbocycles. The third-order valence-electron chi connectivity index (χ3n) is 8.35. The fraction of sp³-hybridized carbons (Fsp3) is 0.355. The lowest BCUT2D eigenvalue weighted by molar-refractivity contribution is 0.0950. The molecular weight excluding hydrogens is 512 g/mol. The summed E-state index contributed by atoms with van der Waals surface area (Å²) in [5.41, 5.74) is 2.22. The number of halogens is 2. The van der Waals surface area contributed by atoms with Gasteiger partial charge in [-0.1, -0.05) is 25.3 Å². The molecule has 7 nitrogen and oxygen atoms in total. The van der Waals surface area contributed by atoms with Crippen molar-refractivity contribution >= 4 is 22.9 Å². The first-order chi connectivity index (χ1) is 19.4. The highest BCUT2D eigenvalue weighted by Crippen LogP contribution is 2.37. The average Bonchev–Trinajstić information content (AvgIpc) is 2.96. The van der Waals surface area contributed by atoms with Gasteiger partial charge >= 0.3 is 0 Å². The number of rotatable bonds is 5. The number of aryl methyl sites for hydroxylation is 1. The number of piperidine rings is 1. The van der Waals surface area contributed by atoms with Crippen LogP contribution in [0.4, 0.5) is 14.7 Å². The Hall–Kier alpha value is -4.14. The molecule has 1 aliphatic heterocycles. The van der Waals surface area contributed by atoms with Gasteiger partial charge in [-0.05, 0) is 68.0 Å². The summed E-state index contributed by atoms with van der Waals surface area (Å²) in [5, 5.41) is 3.44. The second kappa shape index (κ2) is 10.8. The van der Waals surface area contributed by atoms with Crippen LogP contribution < -0.4 is 15.8 Å². The number of benzene rings is 2. The van der Waals surface area contributed by atoms with E-state index >= 15 is 0 Å². The summed E-state index contributed by atoms with van der Waals surface area (Å²) in [6.07, 6.45) is 6.31. The molecule has 2 unspecified atom stereocenters. The number of hydrogen-bond acceptors (Lipinski definition) is 5. The van der Waals surface area contributed by atoms with E-state index in [1.165, 1.54) is 37.8 Å². The zero-order chi connectivity index (χ0) is 27.8. The second-order valence-corrected chi connectivity index (χ2v) is 10.9. The van der Waals surface area contributed by atoms with Crippen LogP contribution in [0.5, 0.6) is 0 Å². The molecule has 0 spiro atoms. The molecule has 1 N–H and O–H groups in total. The van der Waals surface area contributed by atoms with Crippen LogP contribution >= 0.6 is 0 Å². The van der Waals surface area contributed by atoms with E-state index in [4.69, 9.17) is 9.97 Å². The summed E-state index contributed by atoms with van der Waals surface area (Å²) in [5.74, 6) is 0.303. The van der Waals surface area contributed by atoms with Crippen molar-refractivity contribution in [3.8, 4) is 5.69 Å². The fourth-order valence-corrected chi connectivity index (χ4v) is 6.13. The maximum atomic E-state index is 13.9. The topological polar surface area (TPSA) is 80.1 Å². The first-order valence-corrected chi connectivity index (χ1v) is 13.9. The number of hydrogen-bond donors (Lipinski definition) is 1. The lowest BCUT2D eigenvalue weighted by Gasteiger charge is -2.41. The SMILES string of the molecule is Cc1nc(N2CCC3CCCCC3C2)nc2c1ccc(=O)n2-c1ccc(C(=O)NCc2ccc(F)cc2F)cc1. The second-order valence-electron chi connectivity index (χ2n) is 10.9. The number of anilines is 1. The van der Waals surface area contributed by atoms with Crippen LogP contribution in [-0.2, 0) is 6.54 Å². The lowest BCUT2D eigenvalue weighted by atomic mass is 9.75. The summed E-state index contributed by atoms with van der Waals surface area (Å²) in [7, 11) is 0. The Labute approximate surface area is 230 Å². The minimum atomic E-state index is -0.717. The number of carbonyl (C=O) groups excluding carboxylic acids is 1. The van der Waals surface area contributed by atoms with E-state index in [0.717, 1.165) is 48.6 Å². The molecule has 9 heteroatoms. The monoisotopic (exact) mass is 543 g/mol. The Morgan fingerprint density at radius 1 is 0.975 bits per heavy atom. The van der Waals surface area contributed by atoms with Crippen LogP contribution in [0.25, 0.3) is 16.7 Å². The van der Waals surface area contributed by atoms with Crippen molar-refractivity contribution in [2.24, 2.45) is 11.8 Å². The van der Waals surface area contributed by atoms with E-state index in [0.29, 0.717) is 28.8 Å². The molecule has 2 aromatic heterocycles. The molecule has 1 saturated heterocycles. The van der Waals surface area contributed by atoms with Crippen molar-refractivity contribution in [3.63, 3.8) is 0 Å². The molecule has 2 fully saturated rings. The molecule has 4 aromatic rings. The smallest absolute Gasteiger partial charge is 0.256 e. The first-order valence-electron chi connectivity index (χ1n) is 13.9. The maximum absolute atomic E-state index is 13.9. The Balaban J connectivity index is 1.27. The van der Waals surface area contributed by atoms with E-state index in [-0.39, 0.29) is 17.7 Å². The molecule has 0 radical (unpaired) electrons. The van der Waals surface area contributed by atoms with Gasteiger partial charge in [0, 0.05) is 48.3 Å². The Kier molecular flexibility index (Phi) is 7.04. The van der Waals surface area contributed by atoms with Crippen LogP contribution in [0.3, 0.4) is 0 Å². The van der Waals surface area contributed by atoms with Crippen molar-refractivity contribution in [1.29, 1.82) is 0 Å². The molecular formula is C31H31F2N5O2. The highest BCUT2D eigenvalue weighted by molar-refractivity contribution is 5.94. The zero-order valence-corrected chi connectivity index (χ0v) is 22.4. The lowest BCUT2D eigenvalue weighted by Crippen LogP contribution is -2.42. The predicted octanol–water partition coefficient (Wildman–Crippen LogP) is 5.31. The van der Waals surface area contributed by atoms with Crippen molar-refractivity contribution in [2.45, 2.75) is 45.6 Å². The zero-order valence-electron chi connectivity index (χ0n) is 22.4. The number of carbonyl (C=O) groups is 1. The quantitative estimate of drug-likeness (QED) is 0.369. The van der Waals surface area contributed by atoms with E-state index in [9.17, 15) is 18.4 Å². The average molecular weight is 544 g/mol. The van der Waals surface area contributed by atoms with E-state index in [2.05, 4.69) is 10.2 Å². The van der Waals surface area contributed by atoms with E-state index in [1.54, 1.807) is 34.9 Å². The number of fused-ring (bicyclic) bond motifs is 2. The van der Waals surface area contributed by atoms with Crippen LogP contribution in [-0.4, -0.2) is 33.5 Å². The maximum Gasteiger partial charge on any atom is 0.256 e. The third kappa shape index (κ3) is 5.08. The summed E-state index contributed by atoms with van der Waals surface area (Å²) in [4.78, 5) is 37.8. The number of nitrogens with zero attached hydrogens (tertiary/aromatic N) is 4. The fourth-order valence-electron chi connectivity index (χ4n) is 6.13. The Morgan fingerprint density at radius 2 is 1.75 bits per heavy atom. The van der Waals surface area contributed by atoms with Gasteiger partial charge in [-0.25, -0.2) is 13.8 Å². The normalized spacial score (nSPS) is 18.9. The van der Waals surface area contributed by atoms with Gasteiger partial charge in [-0.2, -0.15) is 4.98 Å². The summed E-state index contributed by atoms with van der Waals surface area (Å²) in [6, 6.07) is 13.1. The van der Waals surface area contributed by atoms with Crippen LogP contribution in [0.15, 0.2) is 59.4 Å². The van der Waals surface area contributed by atoms with Crippen molar-refractivity contribution in [1.82, 2.24) is 19.9 Å². The molecule has 1 aliphatic carbocycles. The van der Waals surface area contributed by atoms with Crippen LogP contribution in [0, 0.1) is 30.4 Å². The van der Waals surface area contributed by atoms with Gasteiger partial charge < -0.3 is 10.2 Å². The largest absolute Gasteiger partial charge is 0.348 e. The van der Waals surface area contributed by atoms with Crippen molar-refractivity contribution < 1.29 is 13.6 Å². The molecule has 0 bridgehead atoms. The van der Waals surface area contributed by atoms with Gasteiger partial charge in [0.1, 0.15) is 11.6 Å². The van der Waals surface area contributed by atoms with Crippen molar-refractivity contribution in [3.05, 3.63) is 93.4 Å². The molecule has 1 amide bonds. The third-order valence-corrected chi connectivity index (χ3v) is 8.35. The first kappa shape index (κ1) is 26.1. The van der Waals surface area contributed by atoms with Gasteiger partial charge in [-0.3, -0.25) is 14.2 Å². The molecule has 6 rings (SSSR count). The van der Waals surface area contributed by atoms with Gasteiger partial charge in [-0.15, -0.1) is 0 Å². The minimum Gasteiger partial charge on any atom is -0.348 e. The number of pyridine rings is 1. The molecule has 3 heterocycles. The molecule has 2 atom stereocenters.